The van der Waals surface area contributed by atoms with Crippen LogP contribution in [0.3, 0.4) is 0 Å². The van der Waals surface area contributed by atoms with Gasteiger partial charge in [0.05, 0.1) is 23.9 Å². The number of amides is 1. The van der Waals surface area contributed by atoms with Gasteiger partial charge in [0.1, 0.15) is 0 Å². The van der Waals surface area contributed by atoms with Gasteiger partial charge in [0, 0.05) is 22.1 Å². The van der Waals surface area contributed by atoms with Crippen molar-refractivity contribution in [3.05, 3.63) is 132 Å². The molecule has 0 saturated heterocycles. The summed E-state index contributed by atoms with van der Waals surface area (Å²) in [4.78, 5) is 23.7. The molecule has 0 aliphatic heterocycles. The van der Waals surface area contributed by atoms with E-state index in [4.69, 9.17) is 9.97 Å². The van der Waals surface area contributed by atoms with Crippen LogP contribution >= 0.6 is 0 Å². The second-order valence-corrected chi connectivity index (χ2v) is 9.11. The topological polar surface area (TPSA) is 75.1 Å². The van der Waals surface area contributed by atoms with Crippen LogP contribution in [0.1, 0.15) is 22.0 Å². The number of benzene rings is 5. The molecule has 1 atom stereocenters. The Morgan fingerprint density at radius 3 is 2.13 bits per heavy atom. The first kappa shape index (κ1) is 23.5. The Bertz CT molecular complexity index is 1750. The monoisotopic (exact) mass is 495 g/mol. The Labute approximate surface area is 220 Å². The van der Waals surface area contributed by atoms with Crippen LogP contribution in [0.2, 0.25) is 0 Å². The first-order valence-electron chi connectivity index (χ1n) is 12.5. The Kier molecular flexibility index (Phi) is 6.34. The van der Waals surface area contributed by atoms with E-state index in [1.165, 1.54) is 0 Å². The summed E-state index contributed by atoms with van der Waals surface area (Å²) in [7, 11) is 0. The first-order valence-corrected chi connectivity index (χ1v) is 12.5. The molecule has 0 bridgehead atoms. The molecule has 0 radical (unpaired) electrons. The van der Waals surface area contributed by atoms with Crippen molar-refractivity contribution in [3.8, 4) is 22.6 Å². The third-order valence-corrected chi connectivity index (χ3v) is 6.74. The van der Waals surface area contributed by atoms with Gasteiger partial charge in [0.2, 0.25) is 0 Å². The highest BCUT2D eigenvalue weighted by atomic mass is 16.3. The lowest BCUT2D eigenvalue weighted by Gasteiger charge is -2.20. The number of carbonyl (C=O) groups excluding carboxylic acids is 1. The Hall–Kier alpha value is -4.87. The van der Waals surface area contributed by atoms with Gasteiger partial charge >= 0.3 is 0 Å². The molecular formula is C33H25N3O2. The number of aliphatic hydroxyl groups is 1. The number of nitrogens with zero attached hydrogens (tertiary/aromatic N) is 2. The SMILES string of the molecule is O=C(N[C@H](CO)c1ccccc1)c1ccc2ccccc2c1-c1nc(-c2ccccc2)nc2ccccc12. The number of carbonyl (C=O) groups is 1. The second-order valence-electron chi connectivity index (χ2n) is 9.11. The summed E-state index contributed by atoms with van der Waals surface area (Å²) in [6.45, 7) is -0.215. The van der Waals surface area contributed by atoms with Gasteiger partial charge in [-0.25, -0.2) is 9.97 Å². The zero-order valence-corrected chi connectivity index (χ0v) is 20.6. The largest absolute Gasteiger partial charge is 0.394 e. The fraction of sp³-hybridized carbons (Fsp3) is 0.0606. The lowest BCUT2D eigenvalue weighted by Crippen LogP contribution is -2.31. The van der Waals surface area contributed by atoms with Gasteiger partial charge in [-0.15, -0.1) is 0 Å². The Morgan fingerprint density at radius 2 is 1.37 bits per heavy atom. The van der Waals surface area contributed by atoms with Crippen LogP contribution in [-0.2, 0) is 0 Å². The van der Waals surface area contributed by atoms with Crippen molar-refractivity contribution in [1.29, 1.82) is 0 Å². The van der Waals surface area contributed by atoms with Crippen LogP contribution < -0.4 is 5.32 Å². The number of hydrogen-bond donors (Lipinski definition) is 2. The Balaban J connectivity index is 1.58. The molecule has 0 fully saturated rings. The lowest BCUT2D eigenvalue weighted by atomic mass is 9.93. The van der Waals surface area contributed by atoms with E-state index in [0.29, 0.717) is 17.1 Å². The maximum absolute atomic E-state index is 13.9. The predicted molar refractivity (Wildman–Crippen MR) is 152 cm³/mol. The van der Waals surface area contributed by atoms with Crippen molar-refractivity contribution in [2.75, 3.05) is 6.61 Å². The van der Waals surface area contributed by atoms with E-state index in [9.17, 15) is 9.90 Å². The Morgan fingerprint density at radius 1 is 0.711 bits per heavy atom. The van der Waals surface area contributed by atoms with Crippen LogP contribution in [0.15, 0.2) is 121 Å². The fourth-order valence-electron chi connectivity index (χ4n) is 4.86. The van der Waals surface area contributed by atoms with Crippen LogP contribution in [0, 0.1) is 0 Å². The number of fused-ring (bicyclic) bond motifs is 2. The van der Waals surface area contributed by atoms with Gasteiger partial charge in [-0.3, -0.25) is 4.79 Å². The van der Waals surface area contributed by atoms with Gasteiger partial charge in [0.25, 0.3) is 5.91 Å². The average molecular weight is 496 g/mol. The summed E-state index contributed by atoms with van der Waals surface area (Å²) in [5, 5.41) is 15.9. The maximum atomic E-state index is 13.9. The summed E-state index contributed by atoms with van der Waals surface area (Å²) in [5.74, 6) is 0.314. The zero-order valence-electron chi connectivity index (χ0n) is 20.6. The fourth-order valence-corrected chi connectivity index (χ4v) is 4.86. The molecule has 184 valence electrons. The van der Waals surface area contributed by atoms with E-state index in [-0.39, 0.29) is 12.5 Å². The van der Waals surface area contributed by atoms with Gasteiger partial charge in [0.15, 0.2) is 5.82 Å². The van der Waals surface area contributed by atoms with Crippen LogP contribution in [0.25, 0.3) is 44.3 Å². The van der Waals surface area contributed by atoms with Crippen molar-refractivity contribution in [1.82, 2.24) is 15.3 Å². The highest BCUT2D eigenvalue weighted by Crippen LogP contribution is 2.36. The second kappa shape index (κ2) is 10.2. The molecule has 5 heteroatoms. The molecule has 0 aliphatic carbocycles. The molecule has 0 spiro atoms. The van der Waals surface area contributed by atoms with Crippen LogP contribution in [-0.4, -0.2) is 27.6 Å². The summed E-state index contributed by atoms with van der Waals surface area (Å²) in [5.41, 5.74) is 4.45. The van der Waals surface area contributed by atoms with E-state index in [0.717, 1.165) is 38.4 Å². The molecule has 5 nitrogen and oxygen atoms in total. The molecule has 6 rings (SSSR count). The number of aromatic nitrogens is 2. The quantitative estimate of drug-likeness (QED) is 0.274. The molecule has 6 aromatic rings. The number of hydrogen-bond acceptors (Lipinski definition) is 4. The van der Waals surface area contributed by atoms with Crippen molar-refractivity contribution < 1.29 is 9.90 Å². The standard InChI is InChI=1S/C33H25N3O2/c37-21-29(23-12-3-1-4-13-23)35-33(38)27-20-19-22-11-7-8-16-25(22)30(27)31-26-17-9-10-18-28(26)34-32(36-31)24-14-5-2-6-15-24/h1-20,29,37H,21H2,(H,35,38)/t29-/m1/s1. The van der Waals surface area contributed by atoms with Crippen molar-refractivity contribution in [2.24, 2.45) is 0 Å². The summed E-state index contributed by atoms with van der Waals surface area (Å²) < 4.78 is 0. The van der Waals surface area contributed by atoms with Gasteiger partial charge < -0.3 is 10.4 Å². The van der Waals surface area contributed by atoms with E-state index < -0.39 is 6.04 Å². The maximum Gasteiger partial charge on any atom is 0.252 e. The van der Waals surface area contributed by atoms with Gasteiger partial charge in [-0.1, -0.05) is 109 Å². The third kappa shape index (κ3) is 4.40. The van der Waals surface area contributed by atoms with Gasteiger partial charge in [-0.05, 0) is 28.5 Å². The van der Waals surface area contributed by atoms with Crippen LogP contribution in [0.5, 0.6) is 0 Å². The smallest absolute Gasteiger partial charge is 0.252 e. The molecular weight excluding hydrogens is 470 g/mol. The molecule has 1 amide bonds. The molecule has 5 aromatic carbocycles. The van der Waals surface area contributed by atoms with Crippen LogP contribution in [0.4, 0.5) is 0 Å². The first-order chi connectivity index (χ1) is 18.7. The lowest BCUT2D eigenvalue weighted by molar-refractivity contribution is 0.0917. The molecule has 2 N–H and O–H groups in total. The molecule has 1 aromatic heterocycles. The highest BCUT2D eigenvalue weighted by molar-refractivity contribution is 6.13. The normalized spacial score (nSPS) is 11.9. The predicted octanol–water partition coefficient (Wildman–Crippen LogP) is 6.58. The number of nitrogens with one attached hydrogen (secondary N) is 1. The zero-order chi connectivity index (χ0) is 25.9. The molecule has 0 saturated carbocycles. The van der Waals surface area contributed by atoms with Gasteiger partial charge in [-0.2, -0.15) is 0 Å². The molecule has 1 heterocycles. The van der Waals surface area contributed by atoms with E-state index in [1.54, 1.807) is 0 Å². The minimum Gasteiger partial charge on any atom is -0.394 e. The van der Waals surface area contributed by atoms with Crippen molar-refractivity contribution in [3.63, 3.8) is 0 Å². The van der Waals surface area contributed by atoms with Crippen molar-refractivity contribution in [2.45, 2.75) is 6.04 Å². The van der Waals surface area contributed by atoms with Crippen molar-refractivity contribution >= 4 is 27.6 Å². The third-order valence-electron chi connectivity index (χ3n) is 6.74. The van der Waals surface area contributed by atoms with E-state index >= 15 is 0 Å². The molecule has 0 unspecified atom stereocenters. The summed E-state index contributed by atoms with van der Waals surface area (Å²) in [6, 6.07) is 38.5. The average Bonchev–Trinajstić information content (AvgIpc) is 2.99. The number of aliphatic hydroxyl groups excluding tert-OH is 1. The number of rotatable bonds is 6. The number of para-hydroxylation sites is 1. The highest BCUT2D eigenvalue weighted by Gasteiger charge is 2.23. The van der Waals surface area contributed by atoms with E-state index in [1.807, 2.05) is 121 Å². The molecule has 38 heavy (non-hydrogen) atoms. The minimum atomic E-state index is -0.537. The summed E-state index contributed by atoms with van der Waals surface area (Å²) in [6.07, 6.45) is 0. The minimum absolute atomic E-state index is 0.215. The summed E-state index contributed by atoms with van der Waals surface area (Å²) >= 11 is 0. The van der Waals surface area contributed by atoms with E-state index in [2.05, 4.69) is 5.32 Å². The molecule has 0 aliphatic rings.